The number of hydrogen-bond donors (Lipinski definition) is 2. The number of amides is 1. The molecule has 1 heterocycles. The zero-order valence-electron chi connectivity index (χ0n) is 11.5. The van der Waals surface area contributed by atoms with Crippen LogP contribution in [0.15, 0.2) is 30.5 Å². The van der Waals surface area contributed by atoms with Crippen molar-refractivity contribution in [2.75, 3.05) is 10.6 Å². The fourth-order valence-electron chi connectivity index (χ4n) is 1.92. The van der Waals surface area contributed by atoms with Crippen molar-refractivity contribution in [2.45, 2.75) is 26.9 Å². The number of aryl methyl sites for hydroxylation is 1. The monoisotopic (exact) mass is 276 g/mol. The minimum absolute atomic E-state index is 0.188. The molecule has 0 aliphatic rings. The lowest BCUT2D eigenvalue weighted by atomic mass is 10.2. The zero-order chi connectivity index (χ0) is 14.5. The molecule has 0 aliphatic carbocycles. The average molecular weight is 276 g/mol. The van der Waals surface area contributed by atoms with Crippen molar-refractivity contribution in [1.29, 1.82) is 0 Å². The Morgan fingerprint density at radius 3 is 2.90 bits per heavy atom. The van der Waals surface area contributed by atoms with Crippen LogP contribution in [0.25, 0.3) is 0 Å². The lowest BCUT2D eigenvalue weighted by molar-refractivity contribution is -0.114. The van der Waals surface area contributed by atoms with E-state index in [1.54, 1.807) is 12.3 Å². The summed E-state index contributed by atoms with van der Waals surface area (Å²) in [6, 6.07) is 6.30. The second-order valence-electron chi connectivity index (χ2n) is 4.37. The van der Waals surface area contributed by atoms with Crippen LogP contribution in [0.4, 0.5) is 15.8 Å². The molecule has 20 heavy (non-hydrogen) atoms. The number of benzene rings is 1. The Morgan fingerprint density at radius 2 is 2.20 bits per heavy atom. The Morgan fingerprint density at radius 1 is 1.40 bits per heavy atom. The number of anilines is 2. The number of nitrogens with zero attached hydrogens (tertiary/aromatic N) is 2. The van der Waals surface area contributed by atoms with Crippen molar-refractivity contribution in [3.63, 3.8) is 0 Å². The van der Waals surface area contributed by atoms with Gasteiger partial charge < -0.3 is 10.6 Å². The van der Waals surface area contributed by atoms with Crippen molar-refractivity contribution in [3.8, 4) is 0 Å². The summed E-state index contributed by atoms with van der Waals surface area (Å²) < 4.78 is 15.6. The van der Waals surface area contributed by atoms with E-state index in [0.29, 0.717) is 17.9 Å². The molecule has 6 heteroatoms. The zero-order valence-corrected chi connectivity index (χ0v) is 11.5. The molecule has 5 nitrogen and oxygen atoms in total. The molecule has 0 spiro atoms. The van der Waals surface area contributed by atoms with Gasteiger partial charge in [0, 0.05) is 25.4 Å². The summed E-state index contributed by atoms with van der Waals surface area (Å²) in [5.74, 6) is -0.548. The van der Waals surface area contributed by atoms with Gasteiger partial charge in [0.05, 0.1) is 17.9 Å². The number of carbonyl (C=O) groups is 1. The fraction of sp³-hybridized carbons (Fsp3) is 0.286. The molecule has 0 unspecified atom stereocenters. The van der Waals surface area contributed by atoms with E-state index >= 15 is 0 Å². The quantitative estimate of drug-likeness (QED) is 0.882. The summed E-state index contributed by atoms with van der Waals surface area (Å²) in [7, 11) is 0. The van der Waals surface area contributed by atoms with Crippen LogP contribution in [0.2, 0.25) is 0 Å². The van der Waals surface area contributed by atoms with Crippen LogP contribution in [0.1, 0.15) is 19.5 Å². The van der Waals surface area contributed by atoms with Gasteiger partial charge in [0.1, 0.15) is 5.82 Å². The van der Waals surface area contributed by atoms with Gasteiger partial charge in [-0.1, -0.05) is 0 Å². The molecule has 2 aromatic rings. The molecule has 1 aromatic carbocycles. The van der Waals surface area contributed by atoms with Gasteiger partial charge in [-0.2, -0.15) is 5.10 Å². The molecular weight excluding hydrogens is 259 g/mol. The highest BCUT2D eigenvalue weighted by Crippen LogP contribution is 2.20. The molecule has 0 bridgehead atoms. The fourth-order valence-corrected chi connectivity index (χ4v) is 1.92. The van der Waals surface area contributed by atoms with Gasteiger partial charge in [-0.3, -0.25) is 9.48 Å². The first-order chi connectivity index (χ1) is 9.60. The second-order valence-corrected chi connectivity index (χ2v) is 4.37. The summed E-state index contributed by atoms with van der Waals surface area (Å²) >= 11 is 0. The Bertz CT molecular complexity index is 609. The molecule has 0 saturated heterocycles. The third kappa shape index (κ3) is 3.34. The van der Waals surface area contributed by atoms with E-state index in [-0.39, 0.29) is 11.7 Å². The van der Waals surface area contributed by atoms with E-state index in [9.17, 15) is 9.18 Å². The van der Waals surface area contributed by atoms with Gasteiger partial charge in [0.15, 0.2) is 0 Å². The van der Waals surface area contributed by atoms with Crippen LogP contribution in [0.5, 0.6) is 0 Å². The van der Waals surface area contributed by atoms with Gasteiger partial charge in [0.2, 0.25) is 5.91 Å². The molecule has 1 aromatic heterocycles. The Labute approximate surface area is 116 Å². The van der Waals surface area contributed by atoms with Crippen LogP contribution < -0.4 is 10.6 Å². The van der Waals surface area contributed by atoms with E-state index in [1.165, 1.54) is 19.1 Å². The third-order valence-corrected chi connectivity index (χ3v) is 2.85. The summed E-state index contributed by atoms with van der Waals surface area (Å²) in [5, 5.41) is 9.79. The standard InChI is InChI=1S/C14H17FN4O/c1-3-19-12(6-7-17-19)9-16-14-8-11(18-10(2)20)4-5-13(14)15/h4-8,16H,3,9H2,1-2H3,(H,18,20). The molecule has 0 fully saturated rings. The Kier molecular flexibility index (Phi) is 4.34. The largest absolute Gasteiger partial charge is 0.377 e. The van der Waals surface area contributed by atoms with Crippen molar-refractivity contribution in [3.05, 3.63) is 42.0 Å². The number of rotatable bonds is 5. The van der Waals surface area contributed by atoms with Crippen LogP contribution in [-0.4, -0.2) is 15.7 Å². The molecule has 2 N–H and O–H groups in total. The number of halogens is 1. The number of aromatic nitrogens is 2. The maximum atomic E-state index is 13.7. The summed E-state index contributed by atoms with van der Waals surface area (Å²) in [5.41, 5.74) is 1.88. The molecule has 2 rings (SSSR count). The van der Waals surface area contributed by atoms with Crippen LogP contribution in [-0.2, 0) is 17.9 Å². The first-order valence-electron chi connectivity index (χ1n) is 6.42. The Hall–Kier alpha value is -2.37. The van der Waals surface area contributed by atoms with E-state index in [0.717, 1.165) is 12.2 Å². The topological polar surface area (TPSA) is 59.0 Å². The predicted octanol–water partition coefficient (Wildman–Crippen LogP) is 2.61. The van der Waals surface area contributed by atoms with Crippen LogP contribution >= 0.6 is 0 Å². The van der Waals surface area contributed by atoms with E-state index in [2.05, 4.69) is 15.7 Å². The minimum atomic E-state index is -0.360. The first-order valence-corrected chi connectivity index (χ1v) is 6.42. The van der Waals surface area contributed by atoms with Gasteiger partial charge in [-0.05, 0) is 31.2 Å². The molecular formula is C14H17FN4O. The highest BCUT2D eigenvalue weighted by molar-refractivity contribution is 5.89. The molecule has 1 amide bonds. The lowest BCUT2D eigenvalue weighted by Gasteiger charge is -2.11. The van der Waals surface area contributed by atoms with Crippen molar-refractivity contribution in [2.24, 2.45) is 0 Å². The van der Waals surface area contributed by atoms with Crippen LogP contribution in [0.3, 0.4) is 0 Å². The van der Waals surface area contributed by atoms with E-state index < -0.39 is 0 Å². The van der Waals surface area contributed by atoms with Gasteiger partial charge >= 0.3 is 0 Å². The normalized spacial score (nSPS) is 10.3. The maximum Gasteiger partial charge on any atom is 0.221 e. The van der Waals surface area contributed by atoms with Crippen molar-refractivity contribution < 1.29 is 9.18 Å². The van der Waals surface area contributed by atoms with E-state index in [4.69, 9.17) is 0 Å². The van der Waals surface area contributed by atoms with Gasteiger partial charge in [-0.15, -0.1) is 0 Å². The minimum Gasteiger partial charge on any atom is -0.377 e. The average Bonchev–Trinajstić information content (AvgIpc) is 2.86. The molecule has 0 saturated carbocycles. The summed E-state index contributed by atoms with van der Waals surface area (Å²) in [6.45, 7) is 4.64. The van der Waals surface area contributed by atoms with Crippen LogP contribution in [0, 0.1) is 5.82 Å². The second kappa shape index (κ2) is 6.18. The number of carbonyl (C=O) groups excluding carboxylic acids is 1. The highest BCUT2D eigenvalue weighted by atomic mass is 19.1. The first kappa shape index (κ1) is 14.0. The molecule has 0 atom stereocenters. The third-order valence-electron chi connectivity index (χ3n) is 2.85. The Balaban J connectivity index is 2.10. The smallest absolute Gasteiger partial charge is 0.221 e. The molecule has 106 valence electrons. The van der Waals surface area contributed by atoms with Gasteiger partial charge in [0.25, 0.3) is 0 Å². The summed E-state index contributed by atoms with van der Waals surface area (Å²) in [6.07, 6.45) is 1.71. The van der Waals surface area contributed by atoms with Crippen molar-refractivity contribution in [1.82, 2.24) is 9.78 Å². The molecule has 0 radical (unpaired) electrons. The van der Waals surface area contributed by atoms with Crippen molar-refractivity contribution >= 4 is 17.3 Å². The van der Waals surface area contributed by atoms with Gasteiger partial charge in [-0.25, -0.2) is 4.39 Å². The lowest BCUT2D eigenvalue weighted by Crippen LogP contribution is -2.10. The highest BCUT2D eigenvalue weighted by Gasteiger charge is 2.06. The molecule has 0 aliphatic heterocycles. The SMILES string of the molecule is CCn1nccc1CNc1cc(NC(C)=O)ccc1F. The van der Waals surface area contributed by atoms with E-state index in [1.807, 2.05) is 17.7 Å². The summed E-state index contributed by atoms with van der Waals surface area (Å²) in [4.78, 5) is 11.0. The number of nitrogens with one attached hydrogen (secondary N) is 2. The predicted molar refractivity (Wildman–Crippen MR) is 75.9 cm³/mol. The number of hydrogen-bond acceptors (Lipinski definition) is 3. The maximum absolute atomic E-state index is 13.7.